The van der Waals surface area contributed by atoms with E-state index in [4.69, 9.17) is 5.73 Å². The topological polar surface area (TPSA) is 209 Å². The fourth-order valence-electron chi connectivity index (χ4n) is 6.53. The van der Waals surface area contributed by atoms with Crippen LogP contribution in [-0.2, 0) is 54.5 Å². The van der Waals surface area contributed by atoms with Crippen molar-refractivity contribution in [2.75, 3.05) is 0 Å². The highest BCUT2D eigenvalue weighted by Crippen LogP contribution is 2.13. The number of hydrogen-bond donors (Lipinski definition) is 7. The van der Waals surface area contributed by atoms with Crippen LogP contribution in [0.15, 0.2) is 115 Å². The van der Waals surface area contributed by atoms with Crippen LogP contribution in [0.5, 0.6) is 5.75 Å². The maximum atomic E-state index is 14.4. The molecule has 0 spiro atoms. The van der Waals surface area contributed by atoms with Crippen LogP contribution in [0.1, 0.15) is 56.4 Å². The summed E-state index contributed by atoms with van der Waals surface area (Å²) in [6.07, 6.45) is 0.491. The lowest BCUT2D eigenvalue weighted by molar-refractivity contribution is -0.135. The van der Waals surface area contributed by atoms with Gasteiger partial charge in [0.2, 0.25) is 35.4 Å². The first-order chi connectivity index (χ1) is 28.2. The average Bonchev–Trinajstić information content (AvgIpc) is 3.20. The van der Waals surface area contributed by atoms with E-state index in [1.165, 1.54) is 12.1 Å². The molecule has 0 radical (unpaired) electrons. The van der Waals surface area contributed by atoms with Gasteiger partial charge in [-0.05, 0) is 52.6 Å². The van der Waals surface area contributed by atoms with Gasteiger partial charge >= 0.3 is 0 Å². The number of nitrogens with two attached hydrogens (primary N) is 1. The zero-order valence-corrected chi connectivity index (χ0v) is 34.0. The number of amides is 6. The molecule has 0 aromatic heterocycles. The number of carbonyl (C=O) groups excluding carboxylic acids is 6. The number of rotatable bonds is 21. The number of aromatic hydroxyl groups is 1. The number of hydrogen-bond acceptors (Lipinski definition) is 7. The van der Waals surface area contributed by atoms with Crippen molar-refractivity contribution >= 4 is 35.4 Å². The van der Waals surface area contributed by atoms with Crippen LogP contribution in [-0.4, -0.2) is 70.8 Å². The summed E-state index contributed by atoms with van der Waals surface area (Å²) in [5.74, 6) is -3.94. The summed E-state index contributed by atoms with van der Waals surface area (Å²) in [5.41, 5.74) is 8.45. The molecule has 4 aromatic carbocycles. The van der Waals surface area contributed by atoms with Crippen molar-refractivity contribution in [1.82, 2.24) is 26.6 Å². The van der Waals surface area contributed by atoms with Gasteiger partial charge in [-0.15, -0.1) is 0 Å². The van der Waals surface area contributed by atoms with E-state index in [1.807, 2.05) is 68.4 Å². The van der Waals surface area contributed by atoms with Crippen molar-refractivity contribution in [1.29, 1.82) is 0 Å². The lowest BCUT2D eigenvalue weighted by atomic mass is 9.98. The Kier molecular flexibility index (Phi) is 17.2. The molecule has 59 heavy (non-hydrogen) atoms. The van der Waals surface area contributed by atoms with Gasteiger partial charge in [0.1, 0.15) is 36.0 Å². The maximum Gasteiger partial charge on any atom is 0.243 e. The molecule has 4 rings (SSSR count). The van der Waals surface area contributed by atoms with Crippen molar-refractivity contribution in [3.05, 3.63) is 138 Å². The van der Waals surface area contributed by atoms with Crippen LogP contribution < -0.4 is 32.3 Å². The van der Waals surface area contributed by atoms with E-state index in [0.717, 1.165) is 16.7 Å². The van der Waals surface area contributed by atoms with Crippen molar-refractivity contribution in [3.63, 3.8) is 0 Å². The summed E-state index contributed by atoms with van der Waals surface area (Å²) in [4.78, 5) is 81.8. The zero-order chi connectivity index (χ0) is 42.9. The molecule has 13 nitrogen and oxygen atoms in total. The molecule has 5 atom stereocenters. The summed E-state index contributed by atoms with van der Waals surface area (Å²) in [7, 11) is 0. The van der Waals surface area contributed by atoms with Gasteiger partial charge < -0.3 is 37.4 Å². The third-order valence-corrected chi connectivity index (χ3v) is 9.68. The van der Waals surface area contributed by atoms with Crippen LogP contribution in [0.3, 0.4) is 0 Å². The normalized spacial score (nSPS) is 13.6. The Hall–Kier alpha value is -6.50. The van der Waals surface area contributed by atoms with Crippen LogP contribution in [0.2, 0.25) is 0 Å². The van der Waals surface area contributed by atoms with E-state index in [0.29, 0.717) is 12.0 Å². The minimum atomic E-state index is -1.19. The van der Waals surface area contributed by atoms with E-state index in [2.05, 4.69) is 26.6 Å². The van der Waals surface area contributed by atoms with E-state index >= 15 is 0 Å². The first-order valence-corrected chi connectivity index (χ1v) is 19.9. The van der Waals surface area contributed by atoms with Gasteiger partial charge in [0, 0.05) is 19.3 Å². The second-order valence-corrected chi connectivity index (χ2v) is 15.5. The molecule has 0 aliphatic rings. The van der Waals surface area contributed by atoms with Crippen LogP contribution in [0.4, 0.5) is 0 Å². The predicted octanol–water partition coefficient (Wildman–Crippen LogP) is 3.27. The predicted molar refractivity (Wildman–Crippen MR) is 225 cm³/mol. The van der Waals surface area contributed by atoms with Gasteiger partial charge in [0.15, 0.2) is 0 Å². The fourth-order valence-corrected chi connectivity index (χ4v) is 6.53. The van der Waals surface area contributed by atoms with Gasteiger partial charge in [-0.25, -0.2) is 0 Å². The zero-order valence-electron chi connectivity index (χ0n) is 34.0. The molecule has 8 N–H and O–H groups in total. The minimum Gasteiger partial charge on any atom is -0.508 e. The Morgan fingerprint density at radius 3 is 1.27 bits per heavy atom. The first-order valence-electron chi connectivity index (χ1n) is 19.9. The highest BCUT2D eigenvalue weighted by atomic mass is 16.3. The molecule has 0 fully saturated rings. The maximum absolute atomic E-state index is 14.4. The number of phenolic OH excluding ortho intramolecular Hbond substituents is 1. The monoisotopic (exact) mass is 804 g/mol. The third-order valence-electron chi connectivity index (χ3n) is 9.68. The van der Waals surface area contributed by atoms with Crippen LogP contribution >= 0.6 is 0 Å². The first kappa shape index (κ1) is 45.2. The highest BCUT2D eigenvalue weighted by molar-refractivity contribution is 5.96. The van der Waals surface area contributed by atoms with Gasteiger partial charge in [-0.3, -0.25) is 28.8 Å². The summed E-state index contributed by atoms with van der Waals surface area (Å²) in [5, 5.41) is 23.7. The summed E-state index contributed by atoms with van der Waals surface area (Å²) in [6, 6.07) is 27.9. The van der Waals surface area contributed by atoms with E-state index in [9.17, 15) is 33.9 Å². The lowest BCUT2D eigenvalue weighted by Crippen LogP contribution is -2.60. The Morgan fingerprint density at radius 2 is 0.881 bits per heavy atom. The molecule has 4 aromatic rings. The molecule has 0 heterocycles. The van der Waals surface area contributed by atoms with E-state index in [-0.39, 0.29) is 37.4 Å². The summed E-state index contributed by atoms with van der Waals surface area (Å²) in [6.45, 7) is 7.29. The van der Waals surface area contributed by atoms with E-state index < -0.39 is 71.6 Å². The Labute approximate surface area is 345 Å². The Morgan fingerprint density at radius 1 is 0.492 bits per heavy atom. The van der Waals surface area contributed by atoms with Crippen molar-refractivity contribution < 1.29 is 33.9 Å². The molecule has 0 unspecified atom stereocenters. The molecular weight excluding hydrogens is 749 g/mol. The quantitative estimate of drug-likeness (QED) is 0.0668. The average molecular weight is 805 g/mol. The second kappa shape index (κ2) is 22.4. The number of primary amides is 1. The number of phenols is 1. The standard InChI is InChI=1S/C46H56N6O7/c1-29(2)24-36(42(47)55)49-46(59)41(30(3)4)52-45(58)39(27-33-18-12-7-13-19-33)51-44(57)38(26-32-16-10-6-11-17-32)50-43(56)37(25-31-14-8-5-9-15-31)48-40(54)28-34-20-22-35(53)23-21-34/h5-23,29-30,36-39,41,53H,24-28H2,1-4H3,(H2,47,55)(H,48,54)(H,49,59)(H,50,56)(H,51,57)(H,52,58)/t36-,37-,38-,39-,41-/m1/s1. The molecule has 0 aliphatic heterocycles. The molecule has 312 valence electrons. The molecule has 0 saturated heterocycles. The third kappa shape index (κ3) is 15.1. The second-order valence-electron chi connectivity index (χ2n) is 15.5. The summed E-state index contributed by atoms with van der Waals surface area (Å²) < 4.78 is 0. The van der Waals surface area contributed by atoms with Crippen molar-refractivity contribution in [3.8, 4) is 5.75 Å². The Bertz CT molecular complexity index is 1990. The smallest absolute Gasteiger partial charge is 0.243 e. The van der Waals surface area contributed by atoms with Crippen molar-refractivity contribution in [2.24, 2.45) is 17.6 Å². The number of carbonyl (C=O) groups is 6. The molecular formula is C46H56N6O7. The van der Waals surface area contributed by atoms with Crippen LogP contribution in [0, 0.1) is 11.8 Å². The molecule has 0 aliphatic carbocycles. The van der Waals surface area contributed by atoms with Gasteiger partial charge in [0.05, 0.1) is 6.42 Å². The number of benzene rings is 4. The van der Waals surface area contributed by atoms with E-state index in [1.54, 1.807) is 62.4 Å². The molecule has 0 saturated carbocycles. The highest BCUT2D eigenvalue weighted by Gasteiger charge is 2.34. The van der Waals surface area contributed by atoms with Gasteiger partial charge in [0.25, 0.3) is 0 Å². The van der Waals surface area contributed by atoms with Gasteiger partial charge in [-0.2, -0.15) is 0 Å². The number of nitrogens with one attached hydrogen (secondary N) is 5. The van der Waals surface area contributed by atoms with Crippen LogP contribution in [0.25, 0.3) is 0 Å². The minimum absolute atomic E-state index is 0.0536. The molecule has 13 heteroatoms. The van der Waals surface area contributed by atoms with Gasteiger partial charge in [-0.1, -0.05) is 131 Å². The molecule has 6 amide bonds. The van der Waals surface area contributed by atoms with Crippen molar-refractivity contribution in [2.45, 2.75) is 90.0 Å². The molecule has 0 bridgehead atoms. The largest absolute Gasteiger partial charge is 0.508 e. The Balaban J connectivity index is 1.61. The lowest BCUT2D eigenvalue weighted by Gasteiger charge is -2.28. The fraction of sp³-hybridized carbons (Fsp3) is 0.348. The SMILES string of the molecule is CC(C)C[C@@H](NC(=O)[C@H](NC(=O)[C@@H](Cc1ccccc1)NC(=O)[C@@H](Cc1ccccc1)NC(=O)[C@@H](Cc1ccccc1)NC(=O)Cc1ccc(O)cc1)C(C)C)C(N)=O. The summed E-state index contributed by atoms with van der Waals surface area (Å²) >= 11 is 0.